The van der Waals surface area contributed by atoms with Crippen molar-refractivity contribution in [3.8, 4) is 0 Å². The number of anilines is 1. The van der Waals surface area contributed by atoms with Crippen molar-refractivity contribution in [3.63, 3.8) is 0 Å². The second kappa shape index (κ2) is 3.96. The van der Waals surface area contributed by atoms with Crippen molar-refractivity contribution in [1.82, 2.24) is 9.55 Å². The van der Waals surface area contributed by atoms with E-state index in [4.69, 9.17) is 10.5 Å². The van der Waals surface area contributed by atoms with Gasteiger partial charge in [-0.05, 0) is 31.5 Å². The normalized spacial score (nSPS) is 23.9. The number of imidazole rings is 1. The third kappa shape index (κ3) is 1.59. The van der Waals surface area contributed by atoms with E-state index in [0.717, 1.165) is 24.1 Å². The summed E-state index contributed by atoms with van der Waals surface area (Å²) in [5, 5.41) is 9.51. The molecule has 1 fully saturated rings. The maximum absolute atomic E-state index is 9.51. The highest BCUT2D eigenvalue weighted by molar-refractivity contribution is 5.80. The molecule has 18 heavy (non-hydrogen) atoms. The fourth-order valence-electron chi connectivity index (χ4n) is 2.69. The van der Waals surface area contributed by atoms with Crippen LogP contribution in [0.2, 0.25) is 0 Å². The molecule has 1 aliphatic heterocycles. The predicted octanol–water partition coefficient (Wildman–Crippen LogP) is 1.25. The number of nitrogen functional groups attached to an aromatic ring is 1. The van der Waals surface area contributed by atoms with Gasteiger partial charge in [-0.15, -0.1) is 0 Å². The van der Waals surface area contributed by atoms with Crippen LogP contribution in [0.15, 0.2) is 18.2 Å². The van der Waals surface area contributed by atoms with Crippen LogP contribution in [-0.2, 0) is 16.9 Å². The second-order valence-corrected chi connectivity index (χ2v) is 5.07. The molecule has 1 unspecified atom stereocenters. The highest BCUT2D eigenvalue weighted by Gasteiger charge is 2.34. The summed E-state index contributed by atoms with van der Waals surface area (Å²) in [6, 6.07) is 5.66. The van der Waals surface area contributed by atoms with Crippen LogP contribution in [0.5, 0.6) is 0 Å². The third-order valence-corrected chi connectivity index (χ3v) is 3.63. The van der Waals surface area contributed by atoms with Crippen LogP contribution in [0, 0.1) is 0 Å². The predicted molar refractivity (Wildman–Crippen MR) is 69.2 cm³/mol. The van der Waals surface area contributed by atoms with E-state index in [1.165, 1.54) is 0 Å². The Kier molecular flexibility index (Phi) is 2.53. The zero-order chi connectivity index (χ0) is 12.8. The fourth-order valence-corrected chi connectivity index (χ4v) is 2.69. The molecule has 0 aliphatic carbocycles. The lowest BCUT2D eigenvalue weighted by Gasteiger charge is -2.26. The summed E-state index contributed by atoms with van der Waals surface area (Å²) in [6.45, 7) is 3.45. The maximum atomic E-state index is 9.51. The lowest BCUT2D eigenvalue weighted by molar-refractivity contribution is 0.158. The van der Waals surface area contributed by atoms with Crippen molar-refractivity contribution < 1.29 is 9.84 Å². The second-order valence-electron chi connectivity index (χ2n) is 5.07. The molecule has 5 heteroatoms. The molecule has 0 bridgehead atoms. The summed E-state index contributed by atoms with van der Waals surface area (Å²) in [5.41, 5.74) is 8.15. The molecule has 1 aliphatic rings. The van der Waals surface area contributed by atoms with Crippen molar-refractivity contribution in [2.75, 3.05) is 18.9 Å². The smallest absolute Gasteiger partial charge is 0.136 e. The Labute approximate surface area is 105 Å². The molecular formula is C13H17N3O2. The largest absolute Gasteiger partial charge is 0.399 e. The lowest BCUT2D eigenvalue weighted by Crippen LogP contribution is -2.32. The molecule has 2 aromatic rings. The molecule has 0 saturated carbocycles. The summed E-state index contributed by atoms with van der Waals surface area (Å²) in [7, 11) is 0. The summed E-state index contributed by atoms with van der Waals surface area (Å²) in [6.07, 6.45) is 0.926. The highest BCUT2D eigenvalue weighted by atomic mass is 16.5. The summed E-state index contributed by atoms with van der Waals surface area (Å²) >= 11 is 0. The molecule has 1 saturated heterocycles. The molecule has 0 amide bonds. The van der Waals surface area contributed by atoms with E-state index in [0.29, 0.717) is 18.1 Å². The molecule has 96 valence electrons. The van der Waals surface area contributed by atoms with E-state index in [9.17, 15) is 5.11 Å². The number of aliphatic hydroxyl groups excluding tert-OH is 1. The minimum Gasteiger partial charge on any atom is -0.399 e. The fraction of sp³-hybridized carbons (Fsp3) is 0.462. The van der Waals surface area contributed by atoms with Gasteiger partial charge in [-0.25, -0.2) is 4.98 Å². The topological polar surface area (TPSA) is 73.3 Å². The number of nitrogens with zero attached hydrogens (tertiary/aromatic N) is 2. The van der Waals surface area contributed by atoms with Crippen molar-refractivity contribution in [2.24, 2.45) is 0 Å². The molecule has 0 radical (unpaired) electrons. The van der Waals surface area contributed by atoms with E-state index in [2.05, 4.69) is 16.5 Å². The zero-order valence-corrected chi connectivity index (χ0v) is 10.4. The monoisotopic (exact) mass is 247 g/mol. The minimum atomic E-state index is -0.136. The van der Waals surface area contributed by atoms with Crippen LogP contribution < -0.4 is 5.73 Å². The maximum Gasteiger partial charge on any atom is 0.136 e. The van der Waals surface area contributed by atoms with Gasteiger partial charge in [-0.1, -0.05) is 0 Å². The van der Waals surface area contributed by atoms with Gasteiger partial charge in [0.15, 0.2) is 0 Å². The third-order valence-electron chi connectivity index (χ3n) is 3.63. The quantitative estimate of drug-likeness (QED) is 0.783. The van der Waals surface area contributed by atoms with Gasteiger partial charge in [-0.3, -0.25) is 0 Å². The first-order valence-electron chi connectivity index (χ1n) is 6.10. The van der Waals surface area contributed by atoms with Crippen molar-refractivity contribution in [3.05, 3.63) is 24.0 Å². The Hall–Kier alpha value is -1.59. The van der Waals surface area contributed by atoms with E-state index in [-0.39, 0.29) is 12.1 Å². The first kappa shape index (κ1) is 11.5. The first-order valence-corrected chi connectivity index (χ1v) is 6.10. The van der Waals surface area contributed by atoms with Gasteiger partial charge in [-0.2, -0.15) is 0 Å². The highest BCUT2D eigenvalue weighted by Crippen LogP contribution is 2.32. The Balaban J connectivity index is 2.25. The molecule has 0 spiro atoms. The molecule has 1 aromatic heterocycles. The molecule has 3 rings (SSSR count). The number of hydrogen-bond donors (Lipinski definition) is 2. The zero-order valence-electron chi connectivity index (χ0n) is 10.4. The first-order chi connectivity index (χ1) is 8.64. The summed E-state index contributed by atoms with van der Waals surface area (Å²) in [5.74, 6) is 0.670. The van der Waals surface area contributed by atoms with Gasteiger partial charge < -0.3 is 20.1 Å². The number of benzene rings is 1. The van der Waals surface area contributed by atoms with E-state index >= 15 is 0 Å². The van der Waals surface area contributed by atoms with Gasteiger partial charge in [0, 0.05) is 12.3 Å². The molecule has 1 atom stereocenters. The van der Waals surface area contributed by atoms with Crippen molar-refractivity contribution >= 4 is 16.7 Å². The molecule has 5 nitrogen and oxygen atoms in total. The summed E-state index contributed by atoms with van der Waals surface area (Å²) < 4.78 is 7.59. The molecule has 3 N–H and O–H groups in total. The van der Waals surface area contributed by atoms with Gasteiger partial charge in [0.2, 0.25) is 0 Å². The SMILES string of the molecule is CC1(n2c(CO)nc3cc(N)ccc32)CCOC1. The molecule has 1 aromatic carbocycles. The lowest BCUT2D eigenvalue weighted by atomic mass is 10.0. The van der Waals surface area contributed by atoms with Gasteiger partial charge in [0.25, 0.3) is 0 Å². The van der Waals surface area contributed by atoms with Gasteiger partial charge >= 0.3 is 0 Å². The number of aromatic nitrogens is 2. The van der Waals surface area contributed by atoms with Crippen LogP contribution in [0.25, 0.3) is 11.0 Å². The summed E-state index contributed by atoms with van der Waals surface area (Å²) in [4.78, 5) is 4.46. The van der Waals surface area contributed by atoms with E-state index in [1.54, 1.807) is 0 Å². The van der Waals surface area contributed by atoms with Crippen molar-refractivity contribution in [1.29, 1.82) is 0 Å². The van der Waals surface area contributed by atoms with Crippen LogP contribution in [-0.4, -0.2) is 27.9 Å². The number of nitrogens with two attached hydrogens (primary N) is 1. The number of aliphatic hydroxyl groups is 1. The van der Waals surface area contributed by atoms with Crippen LogP contribution in [0.4, 0.5) is 5.69 Å². The van der Waals surface area contributed by atoms with E-state index < -0.39 is 0 Å². The average Bonchev–Trinajstić information content (AvgIpc) is 2.92. The van der Waals surface area contributed by atoms with Crippen LogP contribution >= 0.6 is 0 Å². The van der Waals surface area contributed by atoms with Crippen molar-refractivity contribution in [2.45, 2.75) is 25.5 Å². The number of rotatable bonds is 2. The Morgan fingerprint density at radius 1 is 1.56 bits per heavy atom. The van der Waals surface area contributed by atoms with Gasteiger partial charge in [0.1, 0.15) is 12.4 Å². The van der Waals surface area contributed by atoms with Gasteiger partial charge in [0.05, 0.1) is 23.2 Å². The van der Waals surface area contributed by atoms with Crippen LogP contribution in [0.3, 0.4) is 0 Å². The number of ether oxygens (including phenoxy) is 1. The molecular weight excluding hydrogens is 230 g/mol. The Morgan fingerprint density at radius 2 is 2.39 bits per heavy atom. The Bertz CT molecular complexity index is 585. The standard InChI is InChI=1S/C13H17N3O2/c1-13(4-5-18-8-13)16-11-3-2-9(14)6-10(11)15-12(16)7-17/h2-3,6,17H,4-5,7-8,14H2,1H3. The number of hydrogen-bond acceptors (Lipinski definition) is 4. The minimum absolute atomic E-state index is 0.0792. The van der Waals surface area contributed by atoms with Crippen LogP contribution in [0.1, 0.15) is 19.2 Å². The van der Waals surface area contributed by atoms with E-state index in [1.807, 2.05) is 18.2 Å². The Morgan fingerprint density at radius 3 is 3.06 bits per heavy atom. The molecule has 2 heterocycles. The average molecular weight is 247 g/mol. The number of fused-ring (bicyclic) bond motifs is 1.